The largest absolute Gasteiger partial charge is 0.399 e. The van der Waals surface area contributed by atoms with E-state index in [1.165, 1.54) is 0 Å². The Bertz CT molecular complexity index is 553. The third kappa shape index (κ3) is 2.65. The van der Waals surface area contributed by atoms with E-state index in [-0.39, 0.29) is 0 Å². The maximum Gasteiger partial charge on any atom is 0.0670 e. The molecule has 4 heteroatoms. The lowest BCUT2D eigenvalue weighted by molar-refractivity contribution is 1.20. The van der Waals surface area contributed by atoms with Gasteiger partial charge in [0.15, 0.2) is 0 Å². The zero-order valence-electron chi connectivity index (χ0n) is 9.08. The number of benzene rings is 2. The van der Waals surface area contributed by atoms with Crippen molar-refractivity contribution in [2.75, 3.05) is 11.5 Å². The van der Waals surface area contributed by atoms with Gasteiger partial charge < -0.3 is 11.5 Å². The van der Waals surface area contributed by atoms with Crippen LogP contribution >= 0.6 is 23.2 Å². The van der Waals surface area contributed by atoms with Gasteiger partial charge in [-0.3, -0.25) is 0 Å². The van der Waals surface area contributed by atoms with Gasteiger partial charge in [-0.25, -0.2) is 0 Å². The minimum absolute atomic E-state index is 0.573. The molecule has 0 aliphatic rings. The summed E-state index contributed by atoms with van der Waals surface area (Å²) in [4.78, 5) is 0. The lowest BCUT2D eigenvalue weighted by atomic mass is 10.0. The first-order valence-corrected chi connectivity index (χ1v) is 5.90. The van der Waals surface area contributed by atoms with Crippen LogP contribution in [0, 0.1) is 0 Å². The Balaban J connectivity index is 2.38. The highest BCUT2D eigenvalue weighted by atomic mass is 35.5. The third-order valence-corrected chi connectivity index (χ3v) is 3.39. The predicted octanol–water partition coefficient (Wildman–Crippen LogP) is 3.75. The first kappa shape index (κ1) is 12.1. The van der Waals surface area contributed by atoms with Crippen LogP contribution in [0.15, 0.2) is 36.4 Å². The molecule has 0 heterocycles. The van der Waals surface area contributed by atoms with Crippen molar-refractivity contribution in [1.29, 1.82) is 0 Å². The zero-order chi connectivity index (χ0) is 12.4. The first-order valence-electron chi connectivity index (χ1n) is 5.14. The summed E-state index contributed by atoms with van der Waals surface area (Å²) in [6.45, 7) is 0. The molecule has 0 unspecified atom stereocenters. The van der Waals surface area contributed by atoms with Crippen LogP contribution < -0.4 is 11.5 Å². The molecule has 0 saturated heterocycles. The van der Waals surface area contributed by atoms with Gasteiger partial charge in [-0.1, -0.05) is 35.3 Å². The van der Waals surface area contributed by atoms with Crippen molar-refractivity contribution in [3.63, 3.8) is 0 Å². The van der Waals surface area contributed by atoms with Crippen LogP contribution in [0.25, 0.3) is 0 Å². The number of anilines is 2. The fraction of sp³-hybridized carbons (Fsp3) is 0.0769. The minimum atomic E-state index is 0.573. The molecule has 4 N–H and O–H groups in total. The summed E-state index contributed by atoms with van der Waals surface area (Å²) in [7, 11) is 0. The van der Waals surface area contributed by atoms with E-state index in [2.05, 4.69) is 0 Å². The number of halogens is 2. The van der Waals surface area contributed by atoms with Crippen molar-refractivity contribution in [1.82, 2.24) is 0 Å². The number of nitrogen functional groups attached to an aromatic ring is 2. The van der Waals surface area contributed by atoms with E-state index in [9.17, 15) is 0 Å². The molecule has 2 rings (SSSR count). The number of hydrogen-bond acceptors (Lipinski definition) is 2. The molecule has 2 nitrogen and oxygen atoms in total. The SMILES string of the molecule is Nc1ccc(Cl)c(Cc2cccc(N)c2Cl)c1. The second kappa shape index (κ2) is 4.86. The summed E-state index contributed by atoms with van der Waals surface area (Å²) < 4.78 is 0. The molecule has 0 radical (unpaired) electrons. The van der Waals surface area contributed by atoms with E-state index < -0.39 is 0 Å². The Kier molecular flexibility index (Phi) is 3.46. The van der Waals surface area contributed by atoms with Gasteiger partial charge in [0, 0.05) is 17.1 Å². The fourth-order valence-electron chi connectivity index (χ4n) is 1.67. The van der Waals surface area contributed by atoms with E-state index in [0.717, 1.165) is 11.1 Å². The van der Waals surface area contributed by atoms with Gasteiger partial charge in [-0.15, -0.1) is 0 Å². The second-order valence-corrected chi connectivity index (χ2v) is 4.63. The van der Waals surface area contributed by atoms with Gasteiger partial charge in [-0.05, 0) is 35.4 Å². The maximum absolute atomic E-state index is 6.14. The van der Waals surface area contributed by atoms with Gasteiger partial charge in [0.1, 0.15) is 0 Å². The summed E-state index contributed by atoms with van der Waals surface area (Å²) in [6.07, 6.45) is 0.619. The molecule has 0 aliphatic heterocycles. The molecule has 0 bridgehead atoms. The molecule has 0 spiro atoms. The van der Waals surface area contributed by atoms with Gasteiger partial charge >= 0.3 is 0 Å². The van der Waals surface area contributed by atoms with Crippen LogP contribution in [0.3, 0.4) is 0 Å². The zero-order valence-corrected chi connectivity index (χ0v) is 10.6. The smallest absolute Gasteiger partial charge is 0.0670 e. The molecule has 0 aromatic heterocycles. The Labute approximate surface area is 110 Å². The van der Waals surface area contributed by atoms with Gasteiger partial charge in [-0.2, -0.15) is 0 Å². The molecule has 0 saturated carbocycles. The molecule has 0 fully saturated rings. The van der Waals surface area contributed by atoms with Crippen molar-refractivity contribution in [3.05, 3.63) is 57.6 Å². The van der Waals surface area contributed by atoms with Crippen LogP contribution in [0.4, 0.5) is 11.4 Å². The normalized spacial score (nSPS) is 10.5. The Hall–Kier alpha value is -1.38. The minimum Gasteiger partial charge on any atom is -0.399 e. The van der Waals surface area contributed by atoms with E-state index in [1.807, 2.05) is 18.2 Å². The molecule has 0 amide bonds. The van der Waals surface area contributed by atoms with Crippen LogP contribution in [-0.2, 0) is 6.42 Å². The maximum atomic E-state index is 6.14. The topological polar surface area (TPSA) is 52.0 Å². The average molecular weight is 267 g/mol. The highest BCUT2D eigenvalue weighted by Crippen LogP contribution is 2.28. The summed E-state index contributed by atoms with van der Waals surface area (Å²) >= 11 is 12.2. The molecule has 88 valence electrons. The summed E-state index contributed by atoms with van der Waals surface area (Å²) in [6, 6.07) is 11.0. The molecule has 17 heavy (non-hydrogen) atoms. The molecule has 0 atom stereocenters. The van der Waals surface area contributed by atoms with Gasteiger partial charge in [0.25, 0.3) is 0 Å². The quantitative estimate of drug-likeness (QED) is 0.814. The number of nitrogens with two attached hydrogens (primary N) is 2. The van der Waals surface area contributed by atoms with Gasteiger partial charge in [0.05, 0.1) is 10.7 Å². The lowest BCUT2D eigenvalue weighted by Crippen LogP contribution is -1.95. The van der Waals surface area contributed by atoms with E-state index in [4.69, 9.17) is 34.7 Å². The van der Waals surface area contributed by atoms with Crippen molar-refractivity contribution in [2.24, 2.45) is 0 Å². The monoisotopic (exact) mass is 266 g/mol. The highest BCUT2D eigenvalue weighted by Gasteiger charge is 2.07. The Morgan fingerprint density at radius 2 is 1.71 bits per heavy atom. The van der Waals surface area contributed by atoms with Crippen molar-refractivity contribution in [2.45, 2.75) is 6.42 Å². The lowest BCUT2D eigenvalue weighted by Gasteiger charge is -2.09. The summed E-state index contributed by atoms with van der Waals surface area (Å²) in [5.41, 5.74) is 14.6. The molecule has 2 aromatic carbocycles. The average Bonchev–Trinajstić information content (AvgIpc) is 2.30. The van der Waals surface area contributed by atoms with Crippen LogP contribution in [0.2, 0.25) is 10.0 Å². The van der Waals surface area contributed by atoms with Crippen molar-refractivity contribution < 1.29 is 0 Å². The fourth-order valence-corrected chi connectivity index (χ4v) is 2.05. The van der Waals surface area contributed by atoms with Crippen molar-refractivity contribution >= 4 is 34.6 Å². The number of rotatable bonds is 2. The van der Waals surface area contributed by atoms with Crippen LogP contribution in [0.5, 0.6) is 0 Å². The van der Waals surface area contributed by atoms with Gasteiger partial charge in [0.2, 0.25) is 0 Å². The molecule has 2 aromatic rings. The standard InChI is InChI=1S/C13H12Cl2N2/c14-11-5-4-10(16)7-9(11)6-8-2-1-3-12(17)13(8)15/h1-5,7H,6,16-17H2. The van der Waals surface area contributed by atoms with Crippen LogP contribution in [-0.4, -0.2) is 0 Å². The van der Waals surface area contributed by atoms with Crippen LogP contribution in [0.1, 0.15) is 11.1 Å². The third-order valence-electron chi connectivity index (χ3n) is 2.56. The summed E-state index contributed by atoms with van der Waals surface area (Å²) in [5.74, 6) is 0. The van der Waals surface area contributed by atoms with E-state index >= 15 is 0 Å². The highest BCUT2D eigenvalue weighted by molar-refractivity contribution is 6.34. The summed E-state index contributed by atoms with van der Waals surface area (Å²) in [5, 5.41) is 1.25. The van der Waals surface area contributed by atoms with Crippen molar-refractivity contribution in [3.8, 4) is 0 Å². The Morgan fingerprint density at radius 1 is 0.941 bits per heavy atom. The number of hydrogen-bond donors (Lipinski definition) is 2. The second-order valence-electron chi connectivity index (χ2n) is 3.85. The Morgan fingerprint density at radius 3 is 2.47 bits per heavy atom. The predicted molar refractivity (Wildman–Crippen MR) is 74.5 cm³/mol. The molecule has 0 aliphatic carbocycles. The molecular formula is C13H12Cl2N2. The van der Waals surface area contributed by atoms with E-state index in [1.54, 1.807) is 18.2 Å². The molecular weight excluding hydrogens is 255 g/mol. The first-order chi connectivity index (χ1) is 8.08. The van der Waals surface area contributed by atoms with E-state index in [0.29, 0.717) is 27.8 Å².